The molecule has 1 heterocycles. The Morgan fingerprint density at radius 2 is 1.64 bits per heavy atom. The summed E-state index contributed by atoms with van der Waals surface area (Å²) in [7, 11) is 0. The predicted molar refractivity (Wildman–Crippen MR) is 170 cm³/mol. The number of para-hydroxylation sites is 1. The SMILES string of the molecule is C[C@](Cc1c[nH]c2ccccc12)(NC(=O)OC1C2CCCC1CCC2)C(=O)N[C@H](CNC(=O)/C=C/C(=O)O)Cc1ccccc1. The fourth-order valence-electron chi connectivity index (χ4n) is 6.87. The van der Waals surface area contributed by atoms with Crippen LogP contribution < -0.4 is 16.0 Å². The Labute approximate surface area is 263 Å². The molecule has 2 aromatic carbocycles. The van der Waals surface area contributed by atoms with Gasteiger partial charge in [0.15, 0.2) is 0 Å². The third-order valence-electron chi connectivity index (χ3n) is 9.13. The van der Waals surface area contributed by atoms with Gasteiger partial charge < -0.3 is 30.8 Å². The van der Waals surface area contributed by atoms with Gasteiger partial charge in [0.25, 0.3) is 0 Å². The van der Waals surface area contributed by atoms with Crippen molar-refractivity contribution < 1.29 is 29.0 Å². The Hall–Kier alpha value is -4.60. The van der Waals surface area contributed by atoms with E-state index >= 15 is 0 Å². The van der Waals surface area contributed by atoms with Gasteiger partial charge in [0, 0.05) is 42.2 Å². The number of carbonyl (C=O) groups is 4. The highest BCUT2D eigenvalue weighted by Crippen LogP contribution is 2.41. The molecule has 2 aliphatic carbocycles. The molecule has 2 saturated carbocycles. The molecular weight excluding hydrogens is 572 g/mol. The molecule has 0 spiro atoms. The number of carboxylic acid groups (broad SMARTS) is 1. The number of H-pyrrole nitrogens is 1. The largest absolute Gasteiger partial charge is 0.478 e. The molecule has 3 aromatic rings. The van der Waals surface area contributed by atoms with Crippen LogP contribution in [0.3, 0.4) is 0 Å². The number of amides is 3. The molecule has 0 unspecified atom stereocenters. The Balaban J connectivity index is 1.37. The highest BCUT2D eigenvalue weighted by atomic mass is 16.6. The molecule has 238 valence electrons. The molecule has 0 radical (unpaired) electrons. The first-order chi connectivity index (χ1) is 21.7. The smallest absolute Gasteiger partial charge is 0.408 e. The van der Waals surface area contributed by atoms with E-state index in [4.69, 9.17) is 9.84 Å². The summed E-state index contributed by atoms with van der Waals surface area (Å²) in [5.74, 6) is -1.55. The summed E-state index contributed by atoms with van der Waals surface area (Å²) >= 11 is 0. The highest BCUT2D eigenvalue weighted by molar-refractivity contribution is 5.94. The van der Waals surface area contributed by atoms with Crippen molar-refractivity contribution in [3.05, 3.63) is 84.1 Å². The van der Waals surface area contributed by atoms with E-state index in [0.717, 1.165) is 72.7 Å². The average Bonchev–Trinajstić information content (AvgIpc) is 3.41. The number of nitrogens with one attached hydrogen (secondary N) is 4. The second-order valence-electron chi connectivity index (χ2n) is 12.5. The standard InChI is InChI=1S/C35H42N4O6/c1-35(20-26-21-36-29-16-6-5-15-28(26)29,39-34(44)45-32-24-11-7-12-25(32)14-8-13-24)33(43)38-27(19-23-9-3-2-4-10-23)22-37-30(40)17-18-31(41)42/h2-6,9-10,15-18,21,24-25,27,32,36H,7-8,11-14,19-20,22H2,1H3,(H,37,40)(H,38,43)(H,39,44)(H,41,42)/b18-17+/t24?,25?,27-,32?,35+/m0/s1. The number of aromatic amines is 1. The zero-order chi connectivity index (χ0) is 31.8. The van der Waals surface area contributed by atoms with E-state index in [-0.39, 0.29) is 19.1 Å². The lowest BCUT2D eigenvalue weighted by atomic mass is 9.70. The van der Waals surface area contributed by atoms with Crippen LogP contribution in [0.25, 0.3) is 10.9 Å². The minimum Gasteiger partial charge on any atom is -0.478 e. The minimum absolute atomic E-state index is 0.0441. The molecule has 0 aliphatic heterocycles. The summed E-state index contributed by atoms with van der Waals surface area (Å²) in [4.78, 5) is 54.1. The first-order valence-corrected chi connectivity index (χ1v) is 15.8. The normalized spacial score (nSPS) is 21.4. The summed E-state index contributed by atoms with van der Waals surface area (Å²) in [5, 5.41) is 18.5. The fraction of sp³-hybridized carbons (Fsp3) is 0.429. The molecule has 10 heteroatoms. The zero-order valence-electron chi connectivity index (χ0n) is 25.6. The lowest BCUT2D eigenvalue weighted by molar-refractivity contribution is -0.131. The van der Waals surface area contributed by atoms with E-state index in [2.05, 4.69) is 20.9 Å². The number of alkyl carbamates (subject to hydrolysis) is 1. The number of carbonyl (C=O) groups excluding carboxylic acids is 3. The van der Waals surface area contributed by atoms with Crippen molar-refractivity contribution in [3.63, 3.8) is 0 Å². The van der Waals surface area contributed by atoms with Crippen LogP contribution in [-0.4, -0.2) is 58.2 Å². The lowest BCUT2D eigenvalue weighted by Gasteiger charge is -2.42. The molecular formula is C35H42N4O6. The summed E-state index contributed by atoms with van der Waals surface area (Å²) in [6, 6.07) is 16.8. The Morgan fingerprint density at radius 3 is 2.33 bits per heavy atom. The van der Waals surface area contributed by atoms with Crippen LogP contribution in [0.1, 0.15) is 56.6 Å². The quantitative estimate of drug-likeness (QED) is 0.188. The van der Waals surface area contributed by atoms with Crippen molar-refractivity contribution in [2.24, 2.45) is 11.8 Å². The number of fused-ring (bicyclic) bond motifs is 3. The van der Waals surface area contributed by atoms with Gasteiger partial charge in [-0.1, -0.05) is 61.4 Å². The third kappa shape index (κ3) is 8.32. The summed E-state index contributed by atoms with van der Waals surface area (Å²) in [6.07, 6.45) is 9.90. The maximum Gasteiger partial charge on any atom is 0.408 e. The van der Waals surface area contributed by atoms with Crippen LogP contribution in [0, 0.1) is 11.8 Å². The van der Waals surface area contributed by atoms with Crippen molar-refractivity contribution in [1.82, 2.24) is 20.9 Å². The van der Waals surface area contributed by atoms with E-state index in [0.29, 0.717) is 18.3 Å². The minimum atomic E-state index is -1.39. The molecule has 5 N–H and O–H groups in total. The number of aromatic nitrogens is 1. The van der Waals surface area contributed by atoms with Gasteiger partial charge in [-0.25, -0.2) is 9.59 Å². The predicted octanol–water partition coefficient (Wildman–Crippen LogP) is 4.65. The summed E-state index contributed by atoms with van der Waals surface area (Å²) < 4.78 is 6.09. The number of hydrogen-bond acceptors (Lipinski definition) is 5. The van der Waals surface area contributed by atoms with Crippen molar-refractivity contribution in [2.45, 2.75) is 76.0 Å². The lowest BCUT2D eigenvalue weighted by Crippen LogP contribution is -2.61. The van der Waals surface area contributed by atoms with Crippen LogP contribution in [0.15, 0.2) is 72.9 Å². The number of hydrogen-bond donors (Lipinski definition) is 5. The van der Waals surface area contributed by atoms with Gasteiger partial charge in [0.1, 0.15) is 11.6 Å². The maximum absolute atomic E-state index is 14.2. The van der Waals surface area contributed by atoms with E-state index in [1.165, 1.54) is 0 Å². The highest BCUT2D eigenvalue weighted by Gasteiger charge is 2.42. The monoisotopic (exact) mass is 614 g/mol. The molecule has 5 rings (SSSR count). The molecule has 2 fully saturated rings. The van der Waals surface area contributed by atoms with Gasteiger partial charge in [-0.15, -0.1) is 0 Å². The zero-order valence-corrected chi connectivity index (χ0v) is 25.6. The van der Waals surface area contributed by atoms with Gasteiger partial charge in [-0.3, -0.25) is 9.59 Å². The topological polar surface area (TPSA) is 150 Å². The molecule has 0 saturated heterocycles. The van der Waals surface area contributed by atoms with E-state index in [1.807, 2.05) is 60.8 Å². The Morgan fingerprint density at radius 1 is 0.978 bits per heavy atom. The van der Waals surface area contributed by atoms with Gasteiger partial charge in [0.2, 0.25) is 11.8 Å². The second kappa shape index (κ2) is 14.5. The van der Waals surface area contributed by atoms with Gasteiger partial charge in [-0.2, -0.15) is 0 Å². The number of rotatable bonds is 12. The van der Waals surface area contributed by atoms with E-state index in [1.54, 1.807) is 6.92 Å². The fourth-order valence-corrected chi connectivity index (χ4v) is 6.87. The van der Waals surface area contributed by atoms with Crippen molar-refractivity contribution in [3.8, 4) is 0 Å². The van der Waals surface area contributed by atoms with Gasteiger partial charge in [0.05, 0.1) is 6.04 Å². The number of ether oxygens (including phenoxy) is 1. The first kappa shape index (κ1) is 31.8. The summed E-state index contributed by atoms with van der Waals surface area (Å²) in [5.41, 5.74) is 1.33. The summed E-state index contributed by atoms with van der Waals surface area (Å²) in [6.45, 7) is 1.74. The van der Waals surface area contributed by atoms with Crippen LogP contribution in [0.5, 0.6) is 0 Å². The van der Waals surface area contributed by atoms with Crippen LogP contribution in [-0.2, 0) is 32.0 Å². The van der Waals surface area contributed by atoms with Gasteiger partial charge >= 0.3 is 12.1 Å². The molecule has 2 atom stereocenters. The van der Waals surface area contributed by atoms with E-state index < -0.39 is 35.5 Å². The molecule has 3 amide bonds. The molecule has 10 nitrogen and oxygen atoms in total. The van der Waals surface area contributed by atoms with Crippen LogP contribution >= 0.6 is 0 Å². The van der Waals surface area contributed by atoms with Gasteiger partial charge in [-0.05, 0) is 68.1 Å². The molecule has 1 aromatic heterocycles. The van der Waals surface area contributed by atoms with Crippen LogP contribution in [0.2, 0.25) is 0 Å². The Kier molecular flexibility index (Phi) is 10.2. The average molecular weight is 615 g/mol. The molecule has 2 aliphatic rings. The number of aliphatic carboxylic acids is 1. The maximum atomic E-state index is 14.2. The number of benzene rings is 2. The van der Waals surface area contributed by atoms with Crippen molar-refractivity contribution in [1.29, 1.82) is 0 Å². The number of carboxylic acids is 1. The molecule has 45 heavy (non-hydrogen) atoms. The van der Waals surface area contributed by atoms with Crippen LogP contribution in [0.4, 0.5) is 4.79 Å². The van der Waals surface area contributed by atoms with E-state index in [9.17, 15) is 19.2 Å². The third-order valence-corrected chi connectivity index (χ3v) is 9.13. The first-order valence-electron chi connectivity index (χ1n) is 15.8. The second-order valence-corrected chi connectivity index (χ2v) is 12.5. The van der Waals surface area contributed by atoms with Crippen molar-refractivity contribution in [2.75, 3.05) is 6.54 Å². The Bertz CT molecular complexity index is 1510. The molecule has 2 bridgehead atoms. The van der Waals surface area contributed by atoms with Crippen molar-refractivity contribution >= 4 is 34.8 Å².